The fourth-order valence-electron chi connectivity index (χ4n) is 1.33. The molecule has 14 heavy (non-hydrogen) atoms. The molecule has 2 aromatic rings. The maximum atomic E-state index is 13.4. The summed E-state index contributed by atoms with van der Waals surface area (Å²) in [6.07, 6.45) is 0.127. The highest BCUT2D eigenvalue weighted by Gasteiger charge is 2.11. The summed E-state index contributed by atoms with van der Waals surface area (Å²) in [7, 11) is 0. The first-order valence-corrected chi connectivity index (χ1v) is 5.56. The second kappa shape index (κ2) is 3.68. The molecule has 0 aliphatic carbocycles. The minimum Gasteiger partial charge on any atom is -0.198 e. The predicted molar refractivity (Wildman–Crippen MR) is 58.8 cm³/mol. The molecule has 0 aliphatic heterocycles. The number of benzene rings is 1. The molecule has 0 atom stereocenters. The average Bonchev–Trinajstić information content (AvgIpc) is 2.45. The number of nitrogens with zero attached hydrogens (tertiary/aromatic N) is 1. The predicted octanol–water partition coefficient (Wildman–Crippen LogP) is 3.87. The second-order valence-electron chi connectivity index (χ2n) is 2.83. The van der Waals surface area contributed by atoms with Crippen LogP contribution in [-0.4, -0.2) is 0 Å². The summed E-state index contributed by atoms with van der Waals surface area (Å²) in [5.41, 5.74) is 0.508. The van der Waals surface area contributed by atoms with Crippen LogP contribution in [0.5, 0.6) is 0 Å². The van der Waals surface area contributed by atoms with E-state index in [9.17, 15) is 4.39 Å². The highest BCUT2D eigenvalue weighted by Crippen LogP contribution is 2.32. The van der Waals surface area contributed by atoms with Gasteiger partial charge in [0, 0.05) is 20.1 Å². The van der Waals surface area contributed by atoms with E-state index in [0.29, 0.717) is 5.56 Å². The highest BCUT2D eigenvalue weighted by atomic mass is 79.9. The van der Waals surface area contributed by atoms with Gasteiger partial charge in [-0.2, -0.15) is 9.65 Å². The third-order valence-electron chi connectivity index (χ3n) is 1.96. The van der Waals surface area contributed by atoms with E-state index in [1.807, 2.05) is 24.3 Å². The summed E-state index contributed by atoms with van der Waals surface area (Å²) >= 11 is 4.42. The Kier molecular flexibility index (Phi) is 2.53. The van der Waals surface area contributed by atoms with Crippen LogP contribution in [0, 0.1) is 16.5 Å². The van der Waals surface area contributed by atoms with Crippen molar-refractivity contribution in [2.75, 3.05) is 0 Å². The van der Waals surface area contributed by atoms with Gasteiger partial charge in [-0.05, 0) is 18.2 Å². The SMILES string of the molecule is N#CCc1c(F)sc2ccc(Br)cc12. The lowest BCUT2D eigenvalue weighted by molar-refractivity contribution is 0.647. The van der Waals surface area contributed by atoms with Gasteiger partial charge in [0.05, 0.1) is 12.5 Å². The third kappa shape index (κ3) is 1.54. The van der Waals surface area contributed by atoms with Gasteiger partial charge in [0.1, 0.15) is 0 Å². The second-order valence-corrected chi connectivity index (χ2v) is 4.75. The lowest BCUT2D eigenvalue weighted by atomic mass is 10.1. The first-order valence-electron chi connectivity index (χ1n) is 3.95. The Labute approximate surface area is 92.9 Å². The summed E-state index contributed by atoms with van der Waals surface area (Å²) < 4.78 is 15.2. The molecule has 1 heterocycles. The number of halogens is 2. The molecule has 0 spiro atoms. The number of thiophene rings is 1. The van der Waals surface area contributed by atoms with E-state index in [-0.39, 0.29) is 11.6 Å². The zero-order valence-corrected chi connectivity index (χ0v) is 9.45. The van der Waals surface area contributed by atoms with Crippen molar-refractivity contribution in [3.8, 4) is 6.07 Å². The zero-order chi connectivity index (χ0) is 10.1. The van der Waals surface area contributed by atoms with Crippen LogP contribution < -0.4 is 0 Å². The van der Waals surface area contributed by atoms with E-state index in [0.717, 1.165) is 25.9 Å². The van der Waals surface area contributed by atoms with Crippen molar-refractivity contribution in [3.63, 3.8) is 0 Å². The molecule has 1 nitrogen and oxygen atoms in total. The molecule has 0 fully saturated rings. The van der Waals surface area contributed by atoms with Crippen LogP contribution in [0.4, 0.5) is 4.39 Å². The van der Waals surface area contributed by atoms with Crippen LogP contribution in [0.3, 0.4) is 0 Å². The first kappa shape index (κ1) is 9.63. The summed E-state index contributed by atoms with van der Waals surface area (Å²) in [6, 6.07) is 7.55. The van der Waals surface area contributed by atoms with E-state index in [2.05, 4.69) is 15.9 Å². The maximum Gasteiger partial charge on any atom is 0.181 e. The Morgan fingerprint density at radius 2 is 2.29 bits per heavy atom. The number of fused-ring (bicyclic) bond motifs is 1. The molecule has 0 radical (unpaired) electrons. The van der Waals surface area contributed by atoms with Crippen molar-refractivity contribution in [1.29, 1.82) is 5.26 Å². The Balaban J connectivity index is 2.74. The van der Waals surface area contributed by atoms with Crippen LogP contribution in [0.25, 0.3) is 10.1 Å². The highest BCUT2D eigenvalue weighted by molar-refractivity contribution is 9.10. The van der Waals surface area contributed by atoms with E-state index >= 15 is 0 Å². The van der Waals surface area contributed by atoms with E-state index in [4.69, 9.17) is 5.26 Å². The monoisotopic (exact) mass is 269 g/mol. The van der Waals surface area contributed by atoms with E-state index in [1.165, 1.54) is 0 Å². The quantitative estimate of drug-likeness (QED) is 0.771. The van der Waals surface area contributed by atoms with Crippen LogP contribution in [0.2, 0.25) is 0 Å². The lowest BCUT2D eigenvalue weighted by Crippen LogP contribution is -1.81. The van der Waals surface area contributed by atoms with Gasteiger partial charge in [-0.25, -0.2) is 0 Å². The Morgan fingerprint density at radius 1 is 1.50 bits per heavy atom. The maximum absolute atomic E-state index is 13.4. The van der Waals surface area contributed by atoms with Crippen molar-refractivity contribution in [1.82, 2.24) is 0 Å². The van der Waals surface area contributed by atoms with Gasteiger partial charge in [0.25, 0.3) is 0 Å². The van der Waals surface area contributed by atoms with Crippen molar-refractivity contribution < 1.29 is 4.39 Å². The average molecular weight is 270 g/mol. The molecule has 0 saturated carbocycles. The van der Waals surface area contributed by atoms with Crippen molar-refractivity contribution in [2.45, 2.75) is 6.42 Å². The fraction of sp³-hybridized carbons (Fsp3) is 0.100. The summed E-state index contributed by atoms with van der Waals surface area (Å²) in [5, 5.41) is 9.15. The molecule has 0 amide bonds. The molecular formula is C10H5BrFNS. The number of hydrogen-bond acceptors (Lipinski definition) is 2. The van der Waals surface area contributed by atoms with Crippen LogP contribution in [0.1, 0.15) is 5.56 Å². The number of hydrogen-bond donors (Lipinski definition) is 0. The summed E-state index contributed by atoms with van der Waals surface area (Å²) in [4.78, 5) is 0. The summed E-state index contributed by atoms with van der Waals surface area (Å²) in [5.74, 6) is 0. The van der Waals surface area contributed by atoms with Crippen molar-refractivity contribution in [2.24, 2.45) is 0 Å². The molecule has 0 bridgehead atoms. The van der Waals surface area contributed by atoms with Gasteiger partial charge >= 0.3 is 0 Å². The van der Waals surface area contributed by atoms with Gasteiger partial charge < -0.3 is 0 Å². The Hall–Kier alpha value is -0.920. The largest absolute Gasteiger partial charge is 0.198 e. The van der Waals surface area contributed by atoms with Gasteiger partial charge in [0.15, 0.2) is 5.13 Å². The Morgan fingerprint density at radius 3 is 3.00 bits per heavy atom. The van der Waals surface area contributed by atoms with Crippen molar-refractivity contribution >= 4 is 37.4 Å². The zero-order valence-electron chi connectivity index (χ0n) is 7.05. The first-order chi connectivity index (χ1) is 6.72. The van der Waals surface area contributed by atoms with Gasteiger partial charge in [-0.15, -0.1) is 11.3 Å². The molecule has 0 N–H and O–H groups in total. The van der Waals surface area contributed by atoms with Gasteiger partial charge in [-0.1, -0.05) is 15.9 Å². The molecule has 1 aromatic carbocycles. The standard InChI is InChI=1S/C10H5BrFNS/c11-6-1-2-9-8(5-6)7(3-4-13)10(12)14-9/h1-2,5H,3H2. The van der Waals surface area contributed by atoms with Gasteiger partial charge in [0.2, 0.25) is 0 Å². The molecule has 0 aliphatic rings. The van der Waals surface area contributed by atoms with E-state index in [1.54, 1.807) is 0 Å². The number of nitriles is 1. The van der Waals surface area contributed by atoms with Crippen LogP contribution in [-0.2, 0) is 6.42 Å². The molecular weight excluding hydrogens is 265 g/mol. The summed E-state index contributed by atoms with van der Waals surface area (Å²) in [6.45, 7) is 0. The Bertz CT molecular complexity index is 527. The fourth-order valence-corrected chi connectivity index (χ4v) is 2.62. The normalized spacial score (nSPS) is 10.4. The van der Waals surface area contributed by atoms with Gasteiger partial charge in [-0.3, -0.25) is 0 Å². The molecule has 70 valence electrons. The molecule has 4 heteroatoms. The van der Waals surface area contributed by atoms with E-state index < -0.39 is 0 Å². The topological polar surface area (TPSA) is 23.8 Å². The molecule has 0 unspecified atom stereocenters. The molecule has 2 rings (SSSR count). The number of rotatable bonds is 1. The lowest BCUT2D eigenvalue weighted by Gasteiger charge is -1.93. The minimum atomic E-state index is -0.250. The minimum absolute atomic E-state index is 0.127. The molecule has 0 saturated heterocycles. The smallest absolute Gasteiger partial charge is 0.181 e. The molecule has 1 aromatic heterocycles. The van der Waals surface area contributed by atoms with Crippen LogP contribution >= 0.6 is 27.3 Å². The van der Waals surface area contributed by atoms with Crippen molar-refractivity contribution in [3.05, 3.63) is 33.4 Å². The third-order valence-corrected chi connectivity index (χ3v) is 3.45. The van der Waals surface area contributed by atoms with Crippen LogP contribution in [0.15, 0.2) is 22.7 Å².